The van der Waals surface area contributed by atoms with Crippen molar-refractivity contribution in [3.63, 3.8) is 0 Å². The van der Waals surface area contributed by atoms with Crippen molar-refractivity contribution in [3.05, 3.63) is 83.9 Å². The molecule has 0 bridgehead atoms. The highest BCUT2D eigenvalue weighted by Gasteiger charge is 2.25. The van der Waals surface area contributed by atoms with E-state index in [0.717, 1.165) is 12.0 Å². The lowest BCUT2D eigenvalue weighted by Gasteiger charge is -2.21. The van der Waals surface area contributed by atoms with Crippen LogP contribution < -0.4 is 14.5 Å². The fraction of sp³-hybridized carbons (Fsp3) is 0.200. The first-order valence-corrected chi connectivity index (χ1v) is 12.1. The third kappa shape index (κ3) is 4.61. The maximum Gasteiger partial charge on any atom is 0.264 e. The van der Waals surface area contributed by atoms with Crippen LogP contribution in [0.4, 0.5) is 17.1 Å². The number of aryl methyl sites for hydroxylation is 1. The first-order valence-electron chi connectivity index (χ1n) is 10.6. The zero-order valence-corrected chi connectivity index (χ0v) is 19.3. The summed E-state index contributed by atoms with van der Waals surface area (Å²) in [4.78, 5) is 26.9. The fourth-order valence-electron chi connectivity index (χ4n) is 3.76. The van der Waals surface area contributed by atoms with E-state index >= 15 is 0 Å². The number of nitrogens with zero attached hydrogens (tertiary/aromatic N) is 2. The van der Waals surface area contributed by atoms with Crippen LogP contribution in [0.3, 0.4) is 0 Å². The lowest BCUT2D eigenvalue weighted by atomic mass is 10.2. The van der Waals surface area contributed by atoms with E-state index in [1.165, 1.54) is 23.5 Å². The number of carbonyl (C=O) groups excluding carboxylic acids is 2. The van der Waals surface area contributed by atoms with Crippen molar-refractivity contribution < 1.29 is 18.0 Å². The molecule has 1 aliphatic rings. The Kier molecular flexibility index (Phi) is 6.20. The molecule has 0 atom stereocenters. The molecule has 7 nitrogen and oxygen atoms in total. The number of carbonyl (C=O) groups is 2. The highest BCUT2D eigenvalue weighted by atomic mass is 32.2. The Morgan fingerprint density at radius 1 is 1.00 bits per heavy atom. The largest absolute Gasteiger partial charge is 0.320 e. The van der Waals surface area contributed by atoms with Gasteiger partial charge in [0.25, 0.3) is 15.9 Å². The molecule has 0 aromatic heterocycles. The maximum atomic E-state index is 13.2. The first kappa shape index (κ1) is 22.5. The van der Waals surface area contributed by atoms with Gasteiger partial charge in [-0.05, 0) is 55.8 Å². The van der Waals surface area contributed by atoms with Crippen LogP contribution >= 0.6 is 0 Å². The average molecular weight is 464 g/mol. The van der Waals surface area contributed by atoms with Crippen LogP contribution in [-0.2, 0) is 14.8 Å². The Balaban J connectivity index is 1.59. The standard InChI is InChI=1S/C25H25N3O4S/c1-18-12-14-20(15-13-18)27(2)33(31,32)21-8-5-7-19(17-21)25(30)26-22-9-3-4-10-23(22)28-16-6-11-24(28)29/h3-5,7-10,12-15,17H,6,11,16H2,1-2H3,(H,26,30). The Morgan fingerprint density at radius 2 is 1.73 bits per heavy atom. The van der Waals surface area contributed by atoms with Gasteiger partial charge in [-0.15, -0.1) is 0 Å². The number of hydrogen-bond acceptors (Lipinski definition) is 4. The number of sulfonamides is 1. The molecule has 3 aromatic rings. The van der Waals surface area contributed by atoms with E-state index < -0.39 is 15.9 Å². The second kappa shape index (κ2) is 9.07. The fourth-order valence-corrected chi connectivity index (χ4v) is 5.00. The minimum absolute atomic E-state index is 0.0150. The van der Waals surface area contributed by atoms with Gasteiger partial charge in [0, 0.05) is 25.6 Å². The predicted octanol–water partition coefficient (Wildman–Crippen LogP) is 4.20. The van der Waals surface area contributed by atoms with Gasteiger partial charge in [0.2, 0.25) is 5.91 Å². The topological polar surface area (TPSA) is 86.8 Å². The highest BCUT2D eigenvalue weighted by molar-refractivity contribution is 7.92. The molecule has 170 valence electrons. The molecule has 1 saturated heterocycles. The van der Waals surface area contributed by atoms with Crippen LogP contribution in [0.2, 0.25) is 0 Å². The van der Waals surface area contributed by atoms with Gasteiger partial charge in [-0.25, -0.2) is 8.42 Å². The van der Waals surface area contributed by atoms with Crippen LogP contribution in [-0.4, -0.2) is 33.8 Å². The Bertz CT molecular complexity index is 1300. The molecule has 4 rings (SSSR count). The molecular formula is C25H25N3O4S. The summed E-state index contributed by atoms with van der Waals surface area (Å²) in [5, 5.41) is 2.83. The summed E-state index contributed by atoms with van der Waals surface area (Å²) in [6.07, 6.45) is 1.26. The van der Waals surface area contributed by atoms with Gasteiger partial charge in [0.1, 0.15) is 0 Å². The highest BCUT2D eigenvalue weighted by Crippen LogP contribution is 2.30. The Hall–Kier alpha value is -3.65. The number of hydrogen-bond donors (Lipinski definition) is 1. The van der Waals surface area contributed by atoms with E-state index in [-0.39, 0.29) is 16.4 Å². The summed E-state index contributed by atoms with van der Waals surface area (Å²) in [5.41, 5.74) is 2.90. The average Bonchev–Trinajstić information content (AvgIpc) is 3.25. The zero-order chi connectivity index (χ0) is 23.6. The maximum absolute atomic E-state index is 13.2. The van der Waals surface area contributed by atoms with Crippen LogP contribution in [0.15, 0.2) is 77.7 Å². The summed E-state index contributed by atoms with van der Waals surface area (Å²) in [7, 11) is -2.38. The summed E-state index contributed by atoms with van der Waals surface area (Å²) in [6, 6.07) is 20.2. The number of rotatable bonds is 6. The molecule has 0 unspecified atom stereocenters. The lowest BCUT2D eigenvalue weighted by molar-refractivity contribution is -0.117. The smallest absolute Gasteiger partial charge is 0.264 e. The third-order valence-corrected chi connectivity index (χ3v) is 7.45. The first-order chi connectivity index (χ1) is 15.8. The molecule has 2 amide bonds. The number of anilines is 3. The van der Waals surface area contributed by atoms with E-state index in [1.807, 2.05) is 25.1 Å². The second-order valence-corrected chi connectivity index (χ2v) is 9.93. The minimum Gasteiger partial charge on any atom is -0.320 e. The normalized spacial score (nSPS) is 13.8. The summed E-state index contributed by atoms with van der Waals surface area (Å²) >= 11 is 0. The number of para-hydroxylation sites is 2. The van der Waals surface area contributed by atoms with Crippen LogP contribution in [0.25, 0.3) is 0 Å². The minimum atomic E-state index is -3.86. The molecule has 33 heavy (non-hydrogen) atoms. The molecule has 1 fully saturated rings. The van der Waals surface area contributed by atoms with Crippen molar-refractivity contribution in [2.24, 2.45) is 0 Å². The third-order valence-electron chi connectivity index (χ3n) is 5.67. The van der Waals surface area contributed by atoms with Gasteiger partial charge in [-0.2, -0.15) is 0 Å². The van der Waals surface area contributed by atoms with E-state index in [2.05, 4.69) is 5.32 Å². The number of benzene rings is 3. The van der Waals surface area contributed by atoms with Crippen LogP contribution in [0.1, 0.15) is 28.8 Å². The SMILES string of the molecule is Cc1ccc(N(C)S(=O)(=O)c2cccc(C(=O)Nc3ccccc3N3CCCC3=O)c2)cc1. The molecule has 0 aliphatic carbocycles. The zero-order valence-electron chi connectivity index (χ0n) is 18.5. The Labute approximate surface area is 193 Å². The Morgan fingerprint density at radius 3 is 2.42 bits per heavy atom. The molecule has 1 aliphatic heterocycles. The molecule has 0 radical (unpaired) electrons. The van der Waals surface area contributed by atoms with Crippen molar-refractivity contribution in [1.82, 2.24) is 0 Å². The molecule has 0 saturated carbocycles. The summed E-state index contributed by atoms with van der Waals surface area (Å²) < 4.78 is 27.5. The molecular weight excluding hydrogens is 438 g/mol. The van der Waals surface area contributed by atoms with Crippen molar-refractivity contribution in [1.29, 1.82) is 0 Å². The van der Waals surface area contributed by atoms with Crippen molar-refractivity contribution in [2.45, 2.75) is 24.7 Å². The second-order valence-electron chi connectivity index (χ2n) is 7.96. The van der Waals surface area contributed by atoms with Gasteiger partial charge < -0.3 is 10.2 Å². The van der Waals surface area contributed by atoms with Crippen molar-refractivity contribution in [2.75, 3.05) is 28.1 Å². The van der Waals surface area contributed by atoms with Crippen molar-refractivity contribution >= 4 is 38.9 Å². The van der Waals surface area contributed by atoms with Gasteiger partial charge in [-0.3, -0.25) is 13.9 Å². The lowest BCUT2D eigenvalue weighted by Crippen LogP contribution is -2.27. The van der Waals surface area contributed by atoms with Gasteiger partial charge in [0.15, 0.2) is 0 Å². The summed E-state index contributed by atoms with van der Waals surface area (Å²) in [6.45, 7) is 2.53. The predicted molar refractivity (Wildman–Crippen MR) is 129 cm³/mol. The monoisotopic (exact) mass is 463 g/mol. The van der Waals surface area contributed by atoms with Crippen LogP contribution in [0.5, 0.6) is 0 Å². The summed E-state index contributed by atoms with van der Waals surface area (Å²) in [5.74, 6) is -0.437. The van der Waals surface area contributed by atoms with E-state index in [1.54, 1.807) is 47.4 Å². The number of amides is 2. The van der Waals surface area contributed by atoms with Crippen LogP contribution in [0, 0.1) is 6.92 Å². The van der Waals surface area contributed by atoms with Gasteiger partial charge >= 0.3 is 0 Å². The molecule has 8 heteroatoms. The molecule has 3 aromatic carbocycles. The molecule has 1 N–H and O–H groups in total. The van der Waals surface area contributed by atoms with Gasteiger partial charge in [-0.1, -0.05) is 35.9 Å². The van der Waals surface area contributed by atoms with Gasteiger partial charge in [0.05, 0.1) is 22.0 Å². The molecule has 1 heterocycles. The quantitative estimate of drug-likeness (QED) is 0.594. The van der Waals surface area contributed by atoms with E-state index in [0.29, 0.717) is 30.0 Å². The van der Waals surface area contributed by atoms with Crippen molar-refractivity contribution in [3.8, 4) is 0 Å². The number of nitrogens with one attached hydrogen (secondary N) is 1. The van der Waals surface area contributed by atoms with E-state index in [4.69, 9.17) is 0 Å². The van der Waals surface area contributed by atoms with E-state index in [9.17, 15) is 18.0 Å². The molecule has 0 spiro atoms.